The van der Waals surface area contributed by atoms with Crippen LogP contribution in [0.5, 0.6) is 0 Å². The van der Waals surface area contributed by atoms with Crippen LogP contribution in [-0.2, 0) is 23.7 Å². The van der Waals surface area contributed by atoms with Crippen LogP contribution in [0.2, 0.25) is 0 Å². The predicted molar refractivity (Wildman–Crippen MR) is 131 cm³/mol. The molecule has 2 amide bonds. The van der Waals surface area contributed by atoms with Gasteiger partial charge in [0.25, 0.3) is 0 Å². The second kappa shape index (κ2) is 8.44. The quantitative estimate of drug-likeness (QED) is 0.415. The standard InChI is InChI=1S/C24H29N7O3/c1-13(32)25-11-10-14-8-7-9-16(26-14)17-12-15-19-18(28-22(30(19)5)24(2,3)4)21(29-20(15)27-17)31(6)23(33)34/h7-9,12H,10-11H2,1-6H3,(H,25,32)(H,27,29)(H,33,34). The Kier molecular flexibility index (Phi) is 5.76. The number of nitrogens with one attached hydrogen (secondary N) is 2. The fourth-order valence-corrected chi connectivity index (χ4v) is 4.10. The highest BCUT2D eigenvalue weighted by Gasteiger charge is 2.27. The van der Waals surface area contributed by atoms with Crippen LogP contribution in [0.15, 0.2) is 24.3 Å². The van der Waals surface area contributed by atoms with Crippen LogP contribution in [0, 0.1) is 0 Å². The molecule has 0 unspecified atom stereocenters. The largest absolute Gasteiger partial charge is 0.465 e. The fraction of sp³-hybridized carbons (Fsp3) is 0.375. The molecule has 0 aliphatic rings. The van der Waals surface area contributed by atoms with E-state index in [9.17, 15) is 14.7 Å². The molecule has 3 N–H and O–H groups in total. The highest BCUT2D eigenvalue weighted by Crippen LogP contribution is 2.36. The Morgan fingerprint density at radius 3 is 2.59 bits per heavy atom. The summed E-state index contributed by atoms with van der Waals surface area (Å²) < 4.78 is 2.01. The van der Waals surface area contributed by atoms with E-state index in [0.29, 0.717) is 24.1 Å². The van der Waals surface area contributed by atoms with E-state index in [4.69, 9.17) is 9.97 Å². The van der Waals surface area contributed by atoms with E-state index in [1.807, 2.05) is 35.9 Å². The first-order valence-corrected chi connectivity index (χ1v) is 11.0. The van der Waals surface area contributed by atoms with Gasteiger partial charge in [-0.1, -0.05) is 26.8 Å². The van der Waals surface area contributed by atoms with Gasteiger partial charge in [0.15, 0.2) is 5.82 Å². The van der Waals surface area contributed by atoms with E-state index in [1.165, 1.54) is 14.0 Å². The maximum Gasteiger partial charge on any atom is 0.412 e. The number of H-pyrrole nitrogens is 1. The second-order valence-corrected chi connectivity index (χ2v) is 9.41. The van der Waals surface area contributed by atoms with Gasteiger partial charge in [-0.25, -0.2) is 14.8 Å². The number of pyridine rings is 2. The summed E-state index contributed by atoms with van der Waals surface area (Å²) in [5, 5.41) is 13.2. The number of carboxylic acid groups (broad SMARTS) is 1. The van der Waals surface area contributed by atoms with Gasteiger partial charge in [0, 0.05) is 50.5 Å². The summed E-state index contributed by atoms with van der Waals surface area (Å²) in [4.78, 5) is 41.5. The first-order valence-electron chi connectivity index (χ1n) is 11.0. The van der Waals surface area contributed by atoms with Gasteiger partial charge in [-0.3, -0.25) is 14.7 Å². The molecular formula is C24H29N7O3. The lowest BCUT2D eigenvalue weighted by atomic mass is 9.96. The zero-order valence-electron chi connectivity index (χ0n) is 20.2. The van der Waals surface area contributed by atoms with Gasteiger partial charge in [-0.15, -0.1) is 0 Å². The number of aromatic nitrogens is 5. The highest BCUT2D eigenvalue weighted by molar-refractivity contribution is 6.09. The average Bonchev–Trinajstić information content (AvgIpc) is 3.33. The minimum absolute atomic E-state index is 0.0743. The minimum Gasteiger partial charge on any atom is -0.465 e. The Balaban J connectivity index is 1.88. The number of carbonyl (C=O) groups is 2. The van der Waals surface area contributed by atoms with Gasteiger partial charge < -0.3 is 20.0 Å². The van der Waals surface area contributed by atoms with Crippen molar-refractivity contribution in [3.8, 4) is 11.4 Å². The van der Waals surface area contributed by atoms with E-state index in [2.05, 4.69) is 36.1 Å². The number of carbonyl (C=O) groups excluding carboxylic acids is 1. The van der Waals surface area contributed by atoms with Crippen molar-refractivity contribution in [1.29, 1.82) is 0 Å². The number of fused-ring (bicyclic) bond motifs is 3. The molecule has 4 aromatic heterocycles. The summed E-state index contributed by atoms with van der Waals surface area (Å²) in [7, 11) is 3.40. The van der Waals surface area contributed by atoms with Gasteiger partial charge in [-0.2, -0.15) is 0 Å². The topological polar surface area (TPSA) is 129 Å². The molecular weight excluding hydrogens is 434 g/mol. The van der Waals surface area contributed by atoms with Crippen LogP contribution in [0.3, 0.4) is 0 Å². The average molecular weight is 464 g/mol. The molecule has 4 aromatic rings. The molecule has 0 aromatic carbocycles. The van der Waals surface area contributed by atoms with Crippen molar-refractivity contribution in [2.24, 2.45) is 7.05 Å². The molecule has 10 heteroatoms. The molecule has 0 radical (unpaired) electrons. The number of hydrogen-bond acceptors (Lipinski definition) is 5. The summed E-state index contributed by atoms with van der Waals surface area (Å²) in [5.74, 6) is 1.03. The van der Waals surface area contributed by atoms with Gasteiger partial charge in [-0.05, 0) is 18.2 Å². The molecule has 178 valence electrons. The Bertz CT molecular complexity index is 1410. The molecule has 4 heterocycles. The highest BCUT2D eigenvalue weighted by atomic mass is 16.4. The van der Waals surface area contributed by atoms with Gasteiger partial charge >= 0.3 is 6.09 Å². The van der Waals surface area contributed by atoms with Crippen molar-refractivity contribution in [2.45, 2.75) is 39.5 Å². The number of aryl methyl sites for hydroxylation is 1. The number of rotatable bonds is 5. The van der Waals surface area contributed by atoms with Crippen molar-refractivity contribution in [3.63, 3.8) is 0 Å². The van der Waals surface area contributed by atoms with Crippen LogP contribution in [-0.4, -0.2) is 55.2 Å². The van der Waals surface area contributed by atoms with Gasteiger partial charge in [0.1, 0.15) is 17.0 Å². The molecule has 4 rings (SSSR count). The van der Waals surface area contributed by atoms with E-state index in [-0.39, 0.29) is 17.1 Å². The number of aromatic amines is 1. The fourth-order valence-electron chi connectivity index (χ4n) is 4.10. The van der Waals surface area contributed by atoms with Crippen LogP contribution < -0.4 is 10.2 Å². The molecule has 0 bridgehead atoms. The first kappa shape index (κ1) is 23.2. The minimum atomic E-state index is -1.11. The molecule has 0 aliphatic heterocycles. The molecule has 0 atom stereocenters. The monoisotopic (exact) mass is 463 g/mol. The van der Waals surface area contributed by atoms with Crippen molar-refractivity contribution >= 4 is 39.9 Å². The van der Waals surface area contributed by atoms with Gasteiger partial charge in [0.2, 0.25) is 5.91 Å². The molecule has 0 spiro atoms. The van der Waals surface area contributed by atoms with Crippen LogP contribution in [0.25, 0.3) is 33.5 Å². The SMILES string of the molecule is CC(=O)NCCc1cccc(-c2cc3c(nc(N(C)C(=O)O)c4nc(C(C)(C)C)n(C)c43)[nH]2)n1. The summed E-state index contributed by atoms with van der Waals surface area (Å²) >= 11 is 0. The molecule has 34 heavy (non-hydrogen) atoms. The third kappa shape index (κ3) is 4.18. The van der Waals surface area contributed by atoms with Gasteiger partial charge in [0.05, 0.1) is 16.9 Å². The molecule has 0 saturated heterocycles. The number of hydrogen-bond donors (Lipinski definition) is 3. The molecule has 0 aliphatic carbocycles. The summed E-state index contributed by atoms with van der Waals surface area (Å²) in [6.45, 7) is 8.20. The Labute approximate surface area is 197 Å². The molecule has 0 saturated carbocycles. The Hall–Kier alpha value is -3.95. The maximum atomic E-state index is 11.8. The zero-order valence-corrected chi connectivity index (χ0v) is 20.2. The van der Waals surface area contributed by atoms with E-state index in [1.54, 1.807) is 0 Å². The van der Waals surface area contributed by atoms with Crippen molar-refractivity contribution in [3.05, 3.63) is 35.8 Å². The molecule has 10 nitrogen and oxygen atoms in total. The van der Waals surface area contributed by atoms with E-state index in [0.717, 1.165) is 38.7 Å². The lowest BCUT2D eigenvalue weighted by molar-refractivity contribution is -0.118. The van der Waals surface area contributed by atoms with Crippen LogP contribution in [0.4, 0.5) is 10.6 Å². The number of anilines is 1. The lowest BCUT2D eigenvalue weighted by Crippen LogP contribution is -2.25. The lowest BCUT2D eigenvalue weighted by Gasteiger charge is -2.17. The van der Waals surface area contributed by atoms with E-state index >= 15 is 0 Å². The summed E-state index contributed by atoms with van der Waals surface area (Å²) in [6.07, 6.45) is -0.503. The van der Waals surface area contributed by atoms with E-state index < -0.39 is 6.09 Å². The van der Waals surface area contributed by atoms with Crippen molar-refractivity contribution < 1.29 is 14.7 Å². The number of amides is 2. The summed E-state index contributed by atoms with van der Waals surface area (Å²) in [6, 6.07) is 7.72. The van der Waals surface area contributed by atoms with Crippen LogP contribution in [0.1, 0.15) is 39.2 Å². The zero-order chi connectivity index (χ0) is 24.8. The Morgan fingerprint density at radius 2 is 1.94 bits per heavy atom. The number of imidazole rings is 1. The normalized spacial score (nSPS) is 11.8. The molecule has 0 fully saturated rings. The maximum absolute atomic E-state index is 11.8. The first-order chi connectivity index (χ1) is 16.0. The van der Waals surface area contributed by atoms with Crippen LogP contribution >= 0.6 is 0 Å². The smallest absolute Gasteiger partial charge is 0.412 e. The van der Waals surface area contributed by atoms with Crippen molar-refractivity contribution in [2.75, 3.05) is 18.5 Å². The summed E-state index contributed by atoms with van der Waals surface area (Å²) in [5.41, 5.74) is 4.00. The number of nitrogens with zero attached hydrogens (tertiary/aromatic N) is 5. The third-order valence-corrected chi connectivity index (χ3v) is 5.69. The van der Waals surface area contributed by atoms with Crippen molar-refractivity contribution in [1.82, 2.24) is 29.8 Å². The predicted octanol–water partition coefficient (Wildman–Crippen LogP) is 3.60. The second-order valence-electron chi connectivity index (χ2n) is 9.41. The third-order valence-electron chi connectivity index (χ3n) is 5.69. The Morgan fingerprint density at radius 1 is 1.21 bits per heavy atom.